The van der Waals surface area contributed by atoms with Crippen LogP contribution in [0.15, 0.2) is 16.3 Å². The van der Waals surface area contributed by atoms with Gasteiger partial charge in [-0.15, -0.1) is 0 Å². The highest BCUT2D eigenvalue weighted by molar-refractivity contribution is 7.92. The second-order valence-electron chi connectivity index (χ2n) is 4.74. The average molecular weight is 393 g/mol. The van der Waals surface area contributed by atoms with Gasteiger partial charge in [-0.05, 0) is 23.7 Å². The Morgan fingerprint density at radius 3 is 2.52 bits per heavy atom. The van der Waals surface area contributed by atoms with Gasteiger partial charge in [0, 0.05) is 6.26 Å². The van der Waals surface area contributed by atoms with E-state index in [1.54, 1.807) is 0 Å². The molecule has 0 saturated carbocycles. The Labute approximate surface area is 146 Å². The molecule has 1 aromatic carbocycles. The van der Waals surface area contributed by atoms with Gasteiger partial charge in [-0.25, -0.2) is 22.0 Å². The van der Waals surface area contributed by atoms with Crippen molar-refractivity contribution in [3.63, 3.8) is 0 Å². The number of halogens is 2. The van der Waals surface area contributed by atoms with Crippen LogP contribution in [0.5, 0.6) is 11.6 Å². The largest absolute Gasteiger partial charge is 0.494 e. The zero-order valence-corrected chi connectivity index (χ0v) is 15.0. The van der Waals surface area contributed by atoms with E-state index in [1.807, 2.05) is 0 Å². The molecule has 1 aromatic heterocycles. The van der Waals surface area contributed by atoms with Gasteiger partial charge in [-0.1, -0.05) is 0 Å². The van der Waals surface area contributed by atoms with E-state index < -0.39 is 45.2 Å². The van der Waals surface area contributed by atoms with Crippen LogP contribution in [0.1, 0.15) is 15.9 Å². The predicted molar refractivity (Wildman–Crippen MR) is 83.8 cm³/mol. The molecule has 0 N–H and O–H groups in total. The molecular weight excluding hydrogens is 380 g/mol. The third kappa shape index (κ3) is 3.87. The van der Waals surface area contributed by atoms with Crippen molar-refractivity contribution >= 4 is 27.3 Å². The molecule has 0 amide bonds. The average Bonchev–Trinajstić information content (AvgIpc) is 2.98. The van der Waals surface area contributed by atoms with Crippen LogP contribution >= 0.6 is 11.5 Å². The summed E-state index contributed by atoms with van der Waals surface area (Å²) in [5.74, 6) is -3.44. The fourth-order valence-electron chi connectivity index (χ4n) is 1.89. The van der Waals surface area contributed by atoms with Crippen molar-refractivity contribution in [2.24, 2.45) is 0 Å². The van der Waals surface area contributed by atoms with Gasteiger partial charge in [0.05, 0.1) is 19.8 Å². The molecule has 0 aliphatic rings. The molecule has 7 nitrogen and oxygen atoms in total. The maximum absolute atomic E-state index is 14.1. The standard InChI is InChI=1S/C14H13F2NO6S2/c1-21-9-5-4-8(15)7(11(9)16)6-23-12-10(13(18)22-2)14(24-17-12)25(3,19)20/h4-5H,6H2,1-3H3. The lowest BCUT2D eigenvalue weighted by Gasteiger charge is -2.10. The SMILES string of the molecule is COC(=O)c1c(OCc2c(F)ccc(OC)c2F)nsc1S(C)(=O)=O. The van der Waals surface area contributed by atoms with Gasteiger partial charge in [0.15, 0.2) is 31.2 Å². The van der Waals surface area contributed by atoms with E-state index in [0.717, 1.165) is 25.5 Å². The number of ether oxygens (including phenoxy) is 3. The molecule has 136 valence electrons. The van der Waals surface area contributed by atoms with Gasteiger partial charge in [-0.2, -0.15) is 4.37 Å². The summed E-state index contributed by atoms with van der Waals surface area (Å²) in [7, 11) is -1.50. The molecule has 2 rings (SSSR count). The number of carbonyl (C=O) groups is 1. The van der Waals surface area contributed by atoms with Crippen molar-refractivity contribution in [1.29, 1.82) is 0 Å². The minimum Gasteiger partial charge on any atom is -0.494 e. The van der Waals surface area contributed by atoms with Gasteiger partial charge in [0.25, 0.3) is 0 Å². The van der Waals surface area contributed by atoms with Crippen molar-refractivity contribution in [3.05, 3.63) is 34.9 Å². The second kappa shape index (κ2) is 7.31. The Morgan fingerprint density at radius 2 is 1.96 bits per heavy atom. The fraction of sp³-hybridized carbons (Fsp3) is 0.286. The lowest BCUT2D eigenvalue weighted by molar-refractivity contribution is 0.0591. The van der Waals surface area contributed by atoms with Gasteiger partial charge in [0.1, 0.15) is 12.4 Å². The van der Waals surface area contributed by atoms with Crippen LogP contribution in [0.25, 0.3) is 0 Å². The van der Waals surface area contributed by atoms with Crippen molar-refractivity contribution in [1.82, 2.24) is 4.37 Å². The quantitative estimate of drug-likeness (QED) is 0.695. The number of sulfone groups is 1. The second-order valence-corrected chi connectivity index (χ2v) is 7.73. The topological polar surface area (TPSA) is 91.8 Å². The van der Waals surface area contributed by atoms with E-state index in [-0.39, 0.29) is 15.8 Å². The summed E-state index contributed by atoms with van der Waals surface area (Å²) in [6, 6.07) is 2.10. The number of methoxy groups -OCH3 is 2. The Morgan fingerprint density at radius 1 is 1.28 bits per heavy atom. The van der Waals surface area contributed by atoms with Crippen LogP contribution in [-0.2, 0) is 21.2 Å². The fourth-order valence-corrected chi connectivity index (χ4v) is 3.66. The number of esters is 1. The highest BCUT2D eigenvalue weighted by Gasteiger charge is 2.29. The minimum atomic E-state index is -3.77. The molecule has 0 fully saturated rings. The maximum atomic E-state index is 14.1. The number of carbonyl (C=O) groups excluding carboxylic acids is 1. The van der Waals surface area contributed by atoms with Gasteiger partial charge >= 0.3 is 5.97 Å². The van der Waals surface area contributed by atoms with Gasteiger partial charge in [0.2, 0.25) is 5.88 Å². The number of hydrogen-bond acceptors (Lipinski definition) is 8. The number of hydrogen-bond donors (Lipinski definition) is 0. The minimum absolute atomic E-state index is 0.191. The summed E-state index contributed by atoms with van der Waals surface area (Å²) in [6.07, 6.45) is 0.887. The Balaban J connectivity index is 2.40. The molecule has 0 bridgehead atoms. The highest BCUT2D eigenvalue weighted by atomic mass is 32.2. The van der Waals surface area contributed by atoms with Crippen LogP contribution in [-0.4, -0.2) is 39.2 Å². The molecular formula is C14H13F2NO6S2. The highest BCUT2D eigenvalue weighted by Crippen LogP contribution is 2.32. The summed E-state index contributed by atoms with van der Waals surface area (Å²) < 4.78 is 69.2. The van der Waals surface area contributed by atoms with Gasteiger partial charge in [-0.3, -0.25) is 0 Å². The molecule has 0 saturated heterocycles. The van der Waals surface area contributed by atoms with Crippen molar-refractivity contribution < 1.29 is 36.2 Å². The number of nitrogens with zero attached hydrogens (tertiary/aromatic N) is 1. The van der Waals surface area contributed by atoms with Crippen LogP contribution < -0.4 is 9.47 Å². The van der Waals surface area contributed by atoms with Crippen LogP contribution in [0.4, 0.5) is 8.78 Å². The van der Waals surface area contributed by atoms with Crippen molar-refractivity contribution in [2.45, 2.75) is 10.8 Å². The lowest BCUT2D eigenvalue weighted by atomic mass is 10.2. The Bertz CT molecular complexity index is 910. The summed E-state index contributed by atoms with van der Waals surface area (Å²) in [4.78, 5) is 11.8. The van der Waals surface area contributed by atoms with E-state index >= 15 is 0 Å². The molecule has 1 heterocycles. The molecule has 0 aliphatic carbocycles. The lowest BCUT2D eigenvalue weighted by Crippen LogP contribution is -2.10. The van der Waals surface area contributed by atoms with E-state index in [0.29, 0.717) is 11.5 Å². The molecule has 0 aliphatic heterocycles. The first-order valence-electron chi connectivity index (χ1n) is 6.62. The molecule has 0 spiro atoms. The first-order chi connectivity index (χ1) is 11.7. The zero-order chi connectivity index (χ0) is 18.8. The van der Waals surface area contributed by atoms with E-state index in [9.17, 15) is 22.0 Å². The summed E-state index contributed by atoms with van der Waals surface area (Å²) in [6.45, 7) is -0.633. The molecule has 2 aromatic rings. The summed E-state index contributed by atoms with van der Waals surface area (Å²) in [5, 5.41) is 0. The maximum Gasteiger partial charge on any atom is 0.345 e. The molecule has 0 unspecified atom stereocenters. The van der Waals surface area contributed by atoms with Crippen LogP contribution in [0.3, 0.4) is 0 Å². The van der Waals surface area contributed by atoms with Crippen molar-refractivity contribution in [3.8, 4) is 11.6 Å². The predicted octanol–water partition coefficient (Wildman–Crippen LogP) is 2.20. The molecule has 11 heteroatoms. The first-order valence-corrected chi connectivity index (χ1v) is 9.28. The van der Waals surface area contributed by atoms with Crippen molar-refractivity contribution in [2.75, 3.05) is 20.5 Å². The van der Waals surface area contributed by atoms with E-state index in [1.165, 1.54) is 7.11 Å². The van der Waals surface area contributed by atoms with Crippen LogP contribution in [0, 0.1) is 11.6 Å². The summed E-state index contributed by atoms with van der Waals surface area (Å²) in [5.41, 5.74) is -0.872. The third-order valence-electron chi connectivity index (χ3n) is 3.08. The van der Waals surface area contributed by atoms with E-state index in [4.69, 9.17) is 9.47 Å². The third-order valence-corrected chi connectivity index (χ3v) is 5.72. The normalized spacial score (nSPS) is 11.2. The number of benzene rings is 1. The summed E-state index contributed by atoms with van der Waals surface area (Å²) >= 11 is 0.502. The molecule has 25 heavy (non-hydrogen) atoms. The Hall–Kier alpha value is -2.27. The number of aromatic nitrogens is 1. The van der Waals surface area contributed by atoms with Gasteiger partial charge < -0.3 is 14.2 Å². The Kier molecular flexibility index (Phi) is 5.58. The molecule has 0 radical (unpaired) electrons. The number of rotatable bonds is 6. The first kappa shape index (κ1) is 19.1. The smallest absolute Gasteiger partial charge is 0.345 e. The van der Waals surface area contributed by atoms with E-state index in [2.05, 4.69) is 9.11 Å². The monoisotopic (exact) mass is 393 g/mol. The molecule has 0 atom stereocenters. The van der Waals surface area contributed by atoms with Crippen LogP contribution in [0.2, 0.25) is 0 Å². The zero-order valence-electron chi connectivity index (χ0n) is 13.3.